The molecular weight excluding hydrogens is 307 g/mol. The highest BCUT2D eigenvalue weighted by Crippen LogP contribution is 2.38. The van der Waals surface area contributed by atoms with E-state index in [4.69, 9.17) is 14.6 Å². The summed E-state index contributed by atoms with van der Waals surface area (Å²) < 4.78 is 24.4. The van der Waals surface area contributed by atoms with Crippen molar-refractivity contribution < 1.29 is 33.7 Å². The van der Waals surface area contributed by atoms with Gasteiger partial charge in [-0.2, -0.15) is 0 Å². The predicted octanol–water partition coefficient (Wildman–Crippen LogP) is 2.94. The number of halogens is 1. The molecule has 1 fully saturated rings. The summed E-state index contributed by atoms with van der Waals surface area (Å²) in [5, 5.41) is 18.3. The molecule has 1 aromatic rings. The Labute approximate surface area is 132 Å². The van der Waals surface area contributed by atoms with Crippen LogP contribution in [0.2, 0.25) is 0 Å². The molecule has 1 saturated carbocycles. The molecule has 0 bridgehead atoms. The average molecular weight is 326 g/mol. The monoisotopic (exact) mass is 326 g/mol. The maximum Gasteiger partial charge on any atom is 0.339 e. The molecule has 1 aromatic carbocycles. The molecule has 0 aromatic heterocycles. The Morgan fingerprint density at radius 3 is 2.30 bits per heavy atom. The van der Waals surface area contributed by atoms with Crippen molar-refractivity contribution in [3.63, 3.8) is 0 Å². The van der Waals surface area contributed by atoms with Gasteiger partial charge in [0.15, 0.2) is 11.6 Å². The van der Waals surface area contributed by atoms with Crippen LogP contribution < -0.4 is 9.47 Å². The zero-order valence-electron chi connectivity index (χ0n) is 13.0. The van der Waals surface area contributed by atoms with E-state index in [1.165, 1.54) is 7.11 Å². The summed E-state index contributed by atoms with van der Waals surface area (Å²) in [7, 11) is 1.26. The third-order valence-corrected chi connectivity index (χ3v) is 4.33. The number of hydrogen-bond acceptors (Lipinski definition) is 4. The van der Waals surface area contributed by atoms with Gasteiger partial charge >= 0.3 is 11.9 Å². The first-order valence-electron chi connectivity index (χ1n) is 7.27. The zero-order valence-corrected chi connectivity index (χ0v) is 13.0. The van der Waals surface area contributed by atoms with Crippen LogP contribution in [-0.2, 0) is 4.79 Å². The largest absolute Gasteiger partial charge is 0.496 e. The van der Waals surface area contributed by atoms with Gasteiger partial charge < -0.3 is 19.7 Å². The van der Waals surface area contributed by atoms with Crippen LogP contribution in [0.1, 0.15) is 43.0 Å². The minimum Gasteiger partial charge on any atom is -0.496 e. The molecule has 23 heavy (non-hydrogen) atoms. The zero-order chi connectivity index (χ0) is 17.2. The Morgan fingerprint density at radius 1 is 1.22 bits per heavy atom. The van der Waals surface area contributed by atoms with Crippen molar-refractivity contribution in [2.24, 2.45) is 5.41 Å². The number of aromatic carboxylic acids is 1. The molecule has 7 heteroatoms. The van der Waals surface area contributed by atoms with Gasteiger partial charge in [-0.05, 0) is 32.6 Å². The fourth-order valence-electron chi connectivity index (χ4n) is 2.70. The van der Waals surface area contributed by atoms with E-state index >= 15 is 0 Å². The van der Waals surface area contributed by atoms with Gasteiger partial charge in [0.2, 0.25) is 0 Å². The molecule has 1 aliphatic carbocycles. The fourth-order valence-corrected chi connectivity index (χ4v) is 2.70. The van der Waals surface area contributed by atoms with Gasteiger partial charge in [-0.3, -0.25) is 4.79 Å². The van der Waals surface area contributed by atoms with Crippen LogP contribution in [0.3, 0.4) is 0 Å². The Bertz CT molecular complexity index is 619. The molecule has 2 rings (SSSR count). The van der Waals surface area contributed by atoms with Crippen molar-refractivity contribution in [3.8, 4) is 11.5 Å². The van der Waals surface area contributed by atoms with Crippen molar-refractivity contribution in [1.82, 2.24) is 0 Å². The summed E-state index contributed by atoms with van der Waals surface area (Å²) in [6, 6.07) is 2.07. The van der Waals surface area contributed by atoms with E-state index in [1.54, 1.807) is 6.92 Å². The fraction of sp³-hybridized carbons (Fsp3) is 0.500. The first-order valence-corrected chi connectivity index (χ1v) is 7.27. The second-order valence-corrected chi connectivity index (χ2v) is 5.97. The molecule has 0 atom stereocenters. The molecule has 0 aliphatic heterocycles. The van der Waals surface area contributed by atoms with Gasteiger partial charge in [0, 0.05) is 12.1 Å². The van der Waals surface area contributed by atoms with E-state index in [9.17, 15) is 19.1 Å². The quantitative estimate of drug-likeness (QED) is 0.864. The Hall–Kier alpha value is -2.31. The number of carboxylic acid groups (broad SMARTS) is 2. The highest BCUT2D eigenvalue weighted by Gasteiger charge is 2.38. The van der Waals surface area contributed by atoms with Crippen LogP contribution in [-0.4, -0.2) is 35.4 Å². The molecule has 0 saturated heterocycles. The molecule has 1 aliphatic rings. The molecule has 0 radical (unpaired) electrons. The van der Waals surface area contributed by atoms with E-state index < -0.39 is 23.2 Å². The second-order valence-electron chi connectivity index (χ2n) is 5.97. The first kappa shape index (κ1) is 17.1. The van der Waals surface area contributed by atoms with Crippen LogP contribution in [0, 0.1) is 11.2 Å². The lowest BCUT2D eigenvalue weighted by Crippen LogP contribution is -2.36. The van der Waals surface area contributed by atoms with E-state index in [2.05, 4.69) is 0 Å². The smallest absolute Gasteiger partial charge is 0.339 e. The molecule has 0 spiro atoms. The summed E-state index contributed by atoms with van der Waals surface area (Å²) >= 11 is 0. The third-order valence-electron chi connectivity index (χ3n) is 4.33. The second kappa shape index (κ2) is 6.44. The lowest BCUT2D eigenvalue weighted by molar-refractivity contribution is -0.150. The predicted molar refractivity (Wildman–Crippen MR) is 78.5 cm³/mol. The number of hydrogen-bond donors (Lipinski definition) is 2. The van der Waals surface area contributed by atoms with Crippen molar-refractivity contribution >= 4 is 11.9 Å². The van der Waals surface area contributed by atoms with Crippen LogP contribution >= 0.6 is 0 Å². The summed E-state index contributed by atoms with van der Waals surface area (Å²) in [4.78, 5) is 22.4. The molecule has 126 valence electrons. The van der Waals surface area contributed by atoms with Crippen LogP contribution in [0.4, 0.5) is 4.39 Å². The van der Waals surface area contributed by atoms with Crippen molar-refractivity contribution in [2.45, 2.75) is 38.7 Å². The average Bonchev–Trinajstić information content (AvgIpc) is 2.50. The van der Waals surface area contributed by atoms with Gasteiger partial charge in [0.1, 0.15) is 11.3 Å². The Kier molecular flexibility index (Phi) is 4.77. The molecular formula is C16H19FO6. The van der Waals surface area contributed by atoms with Gasteiger partial charge in [0.25, 0.3) is 0 Å². The molecule has 0 amide bonds. The van der Waals surface area contributed by atoms with E-state index in [0.29, 0.717) is 25.7 Å². The highest BCUT2D eigenvalue weighted by molar-refractivity contribution is 5.91. The van der Waals surface area contributed by atoms with E-state index in [0.717, 1.165) is 12.1 Å². The minimum atomic E-state index is -1.24. The SMILES string of the molecule is COc1cc(F)c(O[C@H]2CC[C@@](C)(C(=O)O)CC2)cc1C(=O)O. The maximum atomic E-state index is 14.0. The minimum absolute atomic E-state index is 0.0792. The van der Waals surface area contributed by atoms with Crippen molar-refractivity contribution in [3.05, 3.63) is 23.5 Å². The van der Waals surface area contributed by atoms with E-state index in [1.807, 2.05) is 0 Å². The molecule has 2 N–H and O–H groups in total. The number of ether oxygens (including phenoxy) is 2. The highest BCUT2D eigenvalue weighted by atomic mass is 19.1. The first-order chi connectivity index (χ1) is 10.8. The molecule has 0 unspecified atom stereocenters. The standard InChI is InChI=1S/C16H19FO6/c1-16(15(20)21)5-3-9(4-6-16)23-13-7-10(14(18)19)12(22-2)8-11(13)17/h7-9H,3-6H2,1-2H3,(H,18,19)(H,20,21)/t9-,16+. The van der Waals surface area contributed by atoms with Gasteiger partial charge in [-0.25, -0.2) is 9.18 Å². The number of aliphatic carboxylic acids is 1. The van der Waals surface area contributed by atoms with E-state index in [-0.39, 0.29) is 23.2 Å². The van der Waals surface area contributed by atoms with Crippen LogP contribution in [0.15, 0.2) is 12.1 Å². The number of benzene rings is 1. The van der Waals surface area contributed by atoms with Crippen molar-refractivity contribution in [1.29, 1.82) is 0 Å². The number of methoxy groups -OCH3 is 1. The normalized spacial score (nSPS) is 24.0. The van der Waals surface area contributed by atoms with Crippen LogP contribution in [0.25, 0.3) is 0 Å². The topological polar surface area (TPSA) is 93.1 Å². The van der Waals surface area contributed by atoms with Crippen LogP contribution in [0.5, 0.6) is 11.5 Å². The van der Waals surface area contributed by atoms with Gasteiger partial charge in [-0.1, -0.05) is 0 Å². The molecule has 6 nitrogen and oxygen atoms in total. The lowest BCUT2D eigenvalue weighted by Gasteiger charge is -2.34. The van der Waals surface area contributed by atoms with Gasteiger partial charge in [-0.15, -0.1) is 0 Å². The lowest BCUT2D eigenvalue weighted by atomic mass is 9.75. The Morgan fingerprint density at radius 2 is 1.83 bits per heavy atom. The number of carbonyl (C=O) groups is 2. The number of carboxylic acids is 2. The summed E-state index contributed by atoms with van der Waals surface area (Å²) in [5.74, 6) is -3.04. The summed E-state index contributed by atoms with van der Waals surface area (Å²) in [5.41, 5.74) is -0.972. The summed E-state index contributed by atoms with van der Waals surface area (Å²) in [6.45, 7) is 1.68. The third kappa shape index (κ3) is 3.55. The van der Waals surface area contributed by atoms with Gasteiger partial charge in [0.05, 0.1) is 18.6 Å². The molecule has 0 heterocycles. The Balaban J connectivity index is 2.14. The summed E-state index contributed by atoms with van der Waals surface area (Å²) in [6.07, 6.45) is 1.45. The maximum absolute atomic E-state index is 14.0. The van der Waals surface area contributed by atoms with Crippen molar-refractivity contribution in [2.75, 3.05) is 7.11 Å². The number of rotatable bonds is 5.